The van der Waals surface area contributed by atoms with Crippen LogP contribution in [0.1, 0.15) is 46.0 Å². The van der Waals surface area contributed by atoms with Crippen molar-refractivity contribution in [3.8, 4) is 0 Å². The summed E-state index contributed by atoms with van der Waals surface area (Å²) >= 11 is 6.32. The number of nitrogens with one attached hydrogen (secondary N) is 1. The minimum Gasteiger partial charge on any atom is -0.309 e. The summed E-state index contributed by atoms with van der Waals surface area (Å²) in [6.07, 6.45) is 8.63. The lowest BCUT2D eigenvalue weighted by molar-refractivity contribution is 0.487. The first kappa shape index (κ1) is 12.1. The molecule has 1 aliphatic rings. The Morgan fingerprint density at radius 2 is 2.00 bits per heavy atom. The molecule has 2 unspecified atom stereocenters. The molecule has 0 aromatic carbocycles. The SMILES string of the molecule is CC(C)=CCNC1CCCCCC1Cl. The second kappa shape index (κ2) is 6.47. The lowest BCUT2D eigenvalue weighted by atomic mass is 10.1. The molecule has 1 saturated carbocycles. The van der Waals surface area contributed by atoms with Crippen LogP contribution in [0.25, 0.3) is 0 Å². The molecule has 0 aromatic rings. The zero-order valence-corrected chi connectivity index (χ0v) is 10.1. The van der Waals surface area contributed by atoms with Crippen LogP contribution in [0.5, 0.6) is 0 Å². The molecule has 0 amide bonds. The van der Waals surface area contributed by atoms with Gasteiger partial charge in [-0.05, 0) is 26.7 Å². The summed E-state index contributed by atoms with van der Waals surface area (Å²) in [4.78, 5) is 0. The molecule has 1 nitrogen and oxygen atoms in total. The topological polar surface area (TPSA) is 12.0 Å². The van der Waals surface area contributed by atoms with Crippen molar-refractivity contribution in [3.05, 3.63) is 11.6 Å². The van der Waals surface area contributed by atoms with Crippen LogP contribution in [-0.2, 0) is 0 Å². The lowest BCUT2D eigenvalue weighted by Crippen LogP contribution is -2.36. The molecule has 82 valence electrons. The monoisotopic (exact) mass is 215 g/mol. The molecule has 0 aromatic heterocycles. The van der Waals surface area contributed by atoms with Crippen molar-refractivity contribution in [2.24, 2.45) is 0 Å². The molecular formula is C12H22ClN. The Bertz CT molecular complexity index is 185. The van der Waals surface area contributed by atoms with Gasteiger partial charge in [-0.2, -0.15) is 0 Å². The largest absolute Gasteiger partial charge is 0.309 e. The molecule has 2 atom stereocenters. The van der Waals surface area contributed by atoms with Crippen LogP contribution in [-0.4, -0.2) is 18.0 Å². The third-order valence-corrected chi connectivity index (χ3v) is 3.34. The van der Waals surface area contributed by atoms with E-state index < -0.39 is 0 Å². The highest BCUT2D eigenvalue weighted by Crippen LogP contribution is 2.22. The van der Waals surface area contributed by atoms with E-state index in [9.17, 15) is 0 Å². The van der Waals surface area contributed by atoms with Gasteiger partial charge in [0.2, 0.25) is 0 Å². The van der Waals surface area contributed by atoms with Crippen molar-refractivity contribution in [1.29, 1.82) is 0 Å². The van der Waals surface area contributed by atoms with Crippen LogP contribution in [0.15, 0.2) is 11.6 Å². The second-order valence-corrected chi connectivity index (χ2v) is 5.01. The molecule has 0 heterocycles. The molecule has 0 spiro atoms. The average Bonchev–Trinajstić information content (AvgIpc) is 2.31. The fraction of sp³-hybridized carbons (Fsp3) is 0.833. The highest BCUT2D eigenvalue weighted by Gasteiger charge is 2.20. The summed E-state index contributed by atoms with van der Waals surface area (Å²) in [5, 5.41) is 3.87. The highest BCUT2D eigenvalue weighted by molar-refractivity contribution is 6.21. The molecule has 1 aliphatic carbocycles. The van der Waals surface area contributed by atoms with E-state index in [0.717, 1.165) is 6.54 Å². The van der Waals surface area contributed by atoms with Gasteiger partial charge in [0, 0.05) is 18.0 Å². The Balaban J connectivity index is 2.29. The van der Waals surface area contributed by atoms with E-state index >= 15 is 0 Å². The Labute approximate surface area is 92.9 Å². The molecule has 14 heavy (non-hydrogen) atoms. The van der Waals surface area contributed by atoms with Gasteiger partial charge in [-0.1, -0.05) is 30.9 Å². The smallest absolute Gasteiger partial charge is 0.0489 e. The van der Waals surface area contributed by atoms with Gasteiger partial charge in [0.15, 0.2) is 0 Å². The van der Waals surface area contributed by atoms with Crippen molar-refractivity contribution >= 4 is 11.6 Å². The van der Waals surface area contributed by atoms with E-state index in [2.05, 4.69) is 25.2 Å². The predicted molar refractivity (Wildman–Crippen MR) is 63.9 cm³/mol. The van der Waals surface area contributed by atoms with Crippen LogP contribution in [0.2, 0.25) is 0 Å². The molecular weight excluding hydrogens is 194 g/mol. The fourth-order valence-corrected chi connectivity index (χ4v) is 2.28. The molecule has 0 bridgehead atoms. The molecule has 1 N–H and O–H groups in total. The van der Waals surface area contributed by atoms with Gasteiger partial charge in [0.05, 0.1) is 0 Å². The van der Waals surface area contributed by atoms with Gasteiger partial charge in [0.25, 0.3) is 0 Å². The number of hydrogen-bond donors (Lipinski definition) is 1. The third-order valence-electron chi connectivity index (χ3n) is 2.82. The maximum absolute atomic E-state index is 6.32. The van der Waals surface area contributed by atoms with Crippen molar-refractivity contribution in [3.63, 3.8) is 0 Å². The lowest BCUT2D eigenvalue weighted by Gasteiger charge is -2.20. The Hall–Kier alpha value is -0.0100. The van der Waals surface area contributed by atoms with Crippen molar-refractivity contribution < 1.29 is 0 Å². The molecule has 1 fully saturated rings. The average molecular weight is 216 g/mol. The van der Waals surface area contributed by atoms with Crippen LogP contribution in [0.4, 0.5) is 0 Å². The summed E-state index contributed by atoms with van der Waals surface area (Å²) in [5.41, 5.74) is 1.37. The van der Waals surface area contributed by atoms with Crippen LogP contribution >= 0.6 is 11.6 Å². The van der Waals surface area contributed by atoms with Crippen LogP contribution in [0, 0.1) is 0 Å². The van der Waals surface area contributed by atoms with Gasteiger partial charge < -0.3 is 5.32 Å². The van der Waals surface area contributed by atoms with Gasteiger partial charge in [-0.3, -0.25) is 0 Å². The standard InChI is InChI=1S/C12H22ClN/c1-10(2)8-9-14-12-7-5-3-4-6-11(12)13/h8,11-12,14H,3-7,9H2,1-2H3. The summed E-state index contributed by atoms with van der Waals surface area (Å²) in [6.45, 7) is 5.23. The summed E-state index contributed by atoms with van der Waals surface area (Å²) < 4.78 is 0. The molecule has 1 rings (SSSR count). The number of allylic oxidation sites excluding steroid dienone is 1. The maximum atomic E-state index is 6.32. The first-order chi connectivity index (χ1) is 6.70. The van der Waals surface area contributed by atoms with E-state index in [1.165, 1.54) is 37.7 Å². The summed E-state index contributed by atoms with van der Waals surface area (Å²) in [5.74, 6) is 0. The van der Waals surface area contributed by atoms with Gasteiger partial charge >= 0.3 is 0 Å². The maximum Gasteiger partial charge on any atom is 0.0489 e. The molecule has 2 heteroatoms. The summed E-state index contributed by atoms with van der Waals surface area (Å²) in [7, 11) is 0. The molecule has 0 saturated heterocycles. The van der Waals surface area contributed by atoms with Crippen molar-refractivity contribution in [2.75, 3.05) is 6.54 Å². The zero-order valence-electron chi connectivity index (χ0n) is 9.35. The molecule has 0 aliphatic heterocycles. The number of halogens is 1. The van der Waals surface area contributed by atoms with Gasteiger partial charge in [0.1, 0.15) is 0 Å². The predicted octanol–water partition coefficient (Wildman–Crippen LogP) is 3.48. The second-order valence-electron chi connectivity index (χ2n) is 4.45. The first-order valence-corrected chi connectivity index (χ1v) is 6.14. The third kappa shape index (κ3) is 4.47. The first-order valence-electron chi connectivity index (χ1n) is 5.71. The van der Waals surface area contributed by atoms with Crippen LogP contribution in [0.3, 0.4) is 0 Å². The number of rotatable bonds is 3. The van der Waals surface area contributed by atoms with Gasteiger partial charge in [-0.15, -0.1) is 11.6 Å². The van der Waals surface area contributed by atoms with Crippen molar-refractivity contribution in [1.82, 2.24) is 5.32 Å². The van der Waals surface area contributed by atoms with E-state index in [1.54, 1.807) is 0 Å². The Kier molecular flexibility index (Phi) is 5.57. The van der Waals surface area contributed by atoms with E-state index in [1.807, 2.05) is 0 Å². The van der Waals surface area contributed by atoms with E-state index in [4.69, 9.17) is 11.6 Å². The number of hydrogen-bond acceptors (Lipinski definition) is 1. The number of alkyl halides is 1. The van der Waals surface area contributed by atoms with Gasteiger partial charge in [-0.25, -0.2) is 0 Å². The van der Waals surface area contributed by atoms with E-state index in [-0.39, 0.29) is 0 Å². The van der Waals surface area contributed by atoms with Crippen LogP contribution < -0.4 is 5.32 Å². The summed E-state index contributed by atoms with van der Waals surface area (Å²) in [6, 6.07) is 0.523. The Morgan fingerprint density at radius 3 is 2.71 bits per heavy atom. The minimum atomic E-state index is 0.336. The Morgan fingerprint density at radius 1 is 1.29 bits per heavy atom. The highest BCUT2D eigenvalue weighted by atomic mass is 35.5. The van der Waals surface area contributed by atoms with E-state index in [0.29, 0.717) is 11.4 Å². The normalized spacial score (nSPS) is 28.2. The van der Waals surface area contributed by atoms with Crippen molar-refractivity contribution in [2.45, 2.75) is 57.4 Å². The fourth-order valence-electron chi connectivity index (χ4n) is 1.91. The molecule has 0 radical (unpaired) electrons. The zero-order chi connectivity index (χ0) is 10.4. The quantitative estimate of drug-likeness (QED) is 0.432. The minimum absolute atomic E-state index is 0.336.